The van der Waals surface area contributed by atoms with E-state index in [1.54, 1.807) is 4.90 Å². The van der Waals surface area contributed by atoms with Crippen molar-refractivity contribution in [1.29, 1.82) is 0 Å². The third kappa shape index (κ3) is 2.67. The number of benzene rings is 1. The summed E-state index contributed by atoms with van der Waals surface area (Å²) in [5.74, 6) is 0.598. The van der Waals surface area contributed by atoms with Gasteiger partial charge in [0.15, 0.2) is 0 Å². The summed E-state index contributed by atoms with van der Waals surface area (Å²) < 4.78 is 0. The third-order valence-corrected chi connectivity index (χ3v) is 3.88. The second kappa shape index (κ2) is 5.63. The van der Waals surface area contributed by atoms with Crippen molar-refractivity contribution >= 4 is 23.2 Å². The minimum absolute atomic E-state index is 0.0237. The molecule has 0 saturated carbocycles. The highest BCUT2D eigenvalue weighted by atomic mass is 16.2. The number of carbonyl (C=O) groups excluding carboxylic acids is 2. The smallest absolute Gasteiger partial charge is 0.227 e. The van der Waals surface area contributed by atoms with Crippen LogP contribution in [0.4, 0.5) is 11.4 Å². The van der Waals surface area contributed by atoms with E-state index in [0.29, 0.717) is 18.8 Å². The molecule has 2 heterocycles. The fraction of sp³-hybridized carbons (Fsp3) is 0.467. The van der Waals surface area contributed by atoms with Crippen molar-refractivity contribution in [3.05, 3.63) is 24.3 Å². The number of amides is 2. The Kier molecular flexibility index (Phi) is 3.69. The first-order chi connectivity index (χ1) is 9.74. The Labute approximate surface area is 118 Å². The molecule has 1 aromatic rings. The van der Waals surface area contributed by atoms with Crippen molar-refractivity contribution in [2.24, 2.45) is 5.92 Å². The Hall–Kier alpha value is -1.88. The molecule has 2 fully saturated rings. The molecule has 20 heavy (non-hydrogen) atoms. The number of nitrogens with zero attached hydrogens (tertiary/aromatic N) is 1. The van der Waals surface area contributed by atoms with Crippen LogP contribution in [-0.2, 0) is 9.59 Å². The van der Waals surface area contributed by atoms with Crippen molar-refractivity contribution in [1.82, 2.24) is 5.32 Å². The molecule has 2 aliphatic heterocycles. The zero-order chi connectivity index (χ0) is 13.9. The van der Waals surface area contributed by atoms with Crippen molar-refractivity contribution in [2.45, 2.75) is 19.3 Å². The first kappa shape index (κ1) is 13.1. The molecule has 1 aromatic carbocycles. The molecule has 5 nitrogen and oxygen atoms in total. The van der Waals surface area contributed by atoms with E-state index in [0.717, 1.165) is 37.4 Å². The lowest BCUT2D eigenvalue weighted by atomic mass is 9.99. The van der Waals surface area contributed by atoms with Crippen LogP contribution in [0.1, 0.15) is 19.3 Å². The van der Waals surface area contributed by atoms with Gasteiger partial charge in [0, 0.05) is 19.4 Å². The van der Waals surface area contributed by atoms with E-state index in [1.807, 2.05) is 24.3 Å². The molecule has 106 valence electrons. The van der Waals surface area contributed by atoms with E-state index in [1.165, 1.54) is 0 Å². The number of hydrogen-bond acceptors (Lipinski definition) is 3. The summed E-state index contributed by atoms with van der Waals surface area (Å²) in [6.45, 7) is 2.57. The molecule has 2 N–H and O–H groups in total. The maximum Gasteiger partial charge on any atom is 0.227 e. The molecular formula is C15H19N3O2. The van der Waals surface area contributed by atoms with Crippen LogP contribution in [0.5, 0.6) is 0 Å². The van der Waals surface area contributed by atoms with Gasteiger partial charge in [-0.2, -0.15) is 0 Å². The van der Waals surface area contributed by atoms with Gasteiger partial charge in [0.05, 0.1) is 11.4 Å². The number of hydrogen-bond donors (Lipinski definition) is 2. The number of anilines is 2. The lowest BCUT2D eigenvalue weighted by molar-refractivity contribution is -0.118. The number of rotatable bonds is 4. The van der Waals surface area contributed by atoms with Gasteiger partial charge in [-0.05, 0) is 37.6 Å². The van der Waals surface area contributed by atoms with Gasteiger partial charge in [-0.15, -0.1) is 0 Å². The number of carbonyl (C=O) groups is 2. The lowest BCUT2D eigenvalue weighted by Crippen LogP contribution is -2.43. The summed E-state index contributed by atoms with van der Waals surface area (Å²) in [5, 5.41) is 6.11. The van der Waals surface area contributed by atoms with Crippen LogP contribution in [0.3, 0.4) is 0 Å². The van der Waals surface area contributed by atoms with Gasteiger partial charge < -0.3 is 15.5 Å². The summed E-state index contributed by atoms with van der Waals surface area (Å²) >= 11 is 0. The fourth-order valence-electron chi connectivity index (χ4n) is 2.67. The van der Waals surface area contributed by atoms with E-state index in [-0.39, 0.29) is 11.8 Å². The van der Waals surface area contributed by atoms with Crippen LogP contribution >= 0.6 is 0 Å². The predicted octanol–water partition coefficient (Wildman–Crippen LogP) is 1.36. The van der Waals surface area contributed by atoms with E-state index in [2.05, 4.69) is 10.6 Å². The highest BCUT2D eigenvalue weighted by Gasteiger charge is 2.25. The van der Waals surface area contributed by atoms with Crippen molar-refractivity contribution in [2.75, 3.05) is 29.9 Å². The third-order valence-electron chi connectivity index (χ3n) is 3.88. The second-order valence-electron chi connectivity index (χ2n) is 5.44. The molecule has 0 aromatic heterocycles. The predicted molar refractivity (Wildman–Crippen MR) is 77.6 cm³/mol. The zero-order valence-electron chi connectivity index (χ0n) is 11.4. The normalized spacial score (nSPS) is 19.0. The molecule has 2 saturated heterocycles. The molecule has 2 aliphatic rings. The molecule has 5 heteroatoms. The molecule has 0 radical (unpaired) electrons. The van der Waals surface area contributed by atoms with Gasteiger partial charge in [0.1, 0.15) is 0 Å². The fourth-order valence-corrected chi connectivity index (χ4v) is 2.67. The first-order valence-electron chi connectivity index (χ1n) is 7.14. The van der Waals surface area contributed by atoms with Gasteiger partial charge in [0.25, 0.3) is 0 Å². The zero-order valence-corrected chi connectivity index (χ0v) is 11.4. The van der Waals surface area contributed by atoms with Crippen molar-refractivity contribution in [3.63, 3.8) is 0 Å². The average molecular weight is 273 g/mol. The van der Waals surface area contributed by atoms with E-state index in [9.17, 15) is 9.59 Å². The van der Waals surface area contributed by atoms with Crippen LogP contribution in [0.25, 0.3) is 0 Å². The van der Waals surface area contributed by atoms with Gasteiger partial charge in [-0.3, -0.25) is 9.59 Å². The van der Waals surface area contributed by atoms with Crippen LogP contribution in [0.15, 0.2) is 24.3 Å². The molecule has 0 bridgehead atoms. The second-order valence-corrected chi connectivity index (χ2v) is 5.44. The van der Waals surface area contributed by atoms with Crippen LogP contribution < -0.4 is 15.5 Å². The van der Waals surface area contributed by atoms with Gasteiger partial charge in [0.2, 0.25) is 11.8 Å². The Balaban J connectivity index is 1.72. The Morgan fingerprint density at radius 2 is 2.15 bits per heavy atom. The van der Waals surface area contributed by atoms with E-state index < -0.39 is 0 Å². The quantitative estimate of drug-likeness (QED) is 0.871. The van der Waals surface area contributed by atoms with Gasteiger partial charge in [-0.1, -0.05) is 12.1 Å². The minimum Gasteiger partial charge on any atom is -0.324 e. The molecule has 0 unspecified atom stereocenters. The number of para-hydroxylation sites is 2. The molecule has 3 rings (SSSR count). The van der Waals surface area contributed by atoms with Crippen LogP contribution in [0.2, 0.25) is 0 Å². The van der Waals surface area contributed by atoms with Gasteiger partial charge in [-0.25, -0.2) is 0 Å². The van der Waals surface area contributed by atoms with E-state index in [4.69, 9.17) is 0 Å². The van der Waals surface area contributed by atoms with Crippen molar-refractivity contribution < 1.29 is 9.59 Å². The Morgan fingerprint density at radius 1 is 1.35 bits per heavy atom. The minimum atomic E-state index is 0.0237. The average Bonchev–Trinajstić information content (AvgIpc) is 2.81. The lowest BCUT2D eigenvalue weighted by Gasteiger charge is -2.26. The highest BCUT2D eigenvalue weighted by molar-refractivity contribution is 6.02. The SMILES string of the molecule is O=C(CC1CNC1)Nc1ccccc1N1CCCC1=O. The summed E-state index contributed by atoms with van der Waals surface area (Å²) in [7, 11) is 0. The Morgan fingerprint density at radius 3 is 2.80 bits per heavy atom. The number of nitrogens with one attached hydrogen (secondary N) is 2. The van der Waals surface area contributed by atoms with Crippen LogP contribution in [-0.4, -0.2) is 31.4 Å². The monoisotopic (exact) mass is 273 g/mol. The van der Waals surface area contributed by atoms with Gasteiger partial charge >= 0.3 is 0 Å². The van der Waals surface area contributed by atoms with Crippen molar-refractivity contribution in [3.8, 4) is 0 Å². The van der Waals surface area contributed by atoms with E-state index >= 15 is 0 Å². The standard InChI is InChI=1S/C15H19N3O2/c19-14(8-11-9-16-10-11)17-12-4-1-2-5-13(12)18-7-3-6-15(18)20/h1-2,4-5,11,16H,3,6-10H2,(H,17,19). The largest absolute Gasteiger partial charge is 0.324 e. The van der Waals surface area contributed by atoms with Crippen LogP contribution in [0, 0.1) is 5.92 Å². The summed E-state index contributed by atoms with van der Waals surface area (Å²) in [6, 6.07) is 7.53. The summed E-state index contributed by atoms with van der Waals surface area (Å²) in [4.78, 5) is 25.6. The molecular weight excluding hydrogens is 254 g/mol. The Bertz CT molecular complexity index is 526. The maximum atomic E-state index is 12.0. The highest BCUT2D eigenvalue weighted by Crippen LogP contribution is 2.29. The molecule has 2 amide bonds. The summed E-state index contributed by atoms with van der Waals surface area (Å²) in [5.41, 5.74) is 1.55. The molecule has 0 atom stereocenters. The molecule has 0 aliphatic carbocycles. The summed E-state index contributed by atoms with van der Waals surface area (Å²) in [6.07, 6.45) is 2.01. The molecule has 0 spiro atoms. The maximum absolute atomic E-state index is 12.0. The first-order valence-corrected chi connectivity index (χ1v) is 7.14. The topological polar surface area (TPSA) is 61.4 Å².